The van der Waals surface area contributed by atoms with Gasteiger partial charge in [-0.05, 0) is 135 Å². The lowest BCUT2D eigenvalue weighted by Crippen LogP contribution is -2.30. The number of unbranched alkanes of at least 4 members (excludes halogenated alkanes) is 25. The molecule has 1 atom stereocenters. The minimum atomic E-state index is -0.797. The van der Waals surface area contributed by atoms with E-state index in [1.807, 2.05) is 0 Å². The van der Waals surface area contributed by atoms with Gasteiger partial charge in [0.2, 0.25) is 0 Å². The summed E-state index contributed by atoms with van der Waals surface area (Å²) >= 11 is 0. The minimum absolute atomic E-state index is 0.0918. The van der Waals surface area contributed by atoms with Gasteiger partial charge in [-0.2, -0.15) is 0 Å². The maximum Gasteiger partial charge on any atom is 0.306 e. The monoisotopic (exact) mass is 1130 g/mol. The van der Waals surface area contributed by atoms with Gasteiger partial charge in [-0.25, -0.2) is 0 Å². The molecule has 1 unspecified atom stereocenters. The van der Waals surface area contributed by atoms with Gasteiger partial charge in [0.1, 0.15) is 13.2 Å². The molecule has 0 aliphatic rings. The van der Waals surface area contributed by atoms with Crippen molar-refractivity contribution in [3.8, 4) is 0 Å². The Hall–Kier alpha value is -4.71. The van der Waals surface area contributed by atoms with Crippen molar-refractivity contribution in [3.05, 3.63) is 146 Å². The predicted octanol–water partition coefficient (Wildman–Crippen LogP) is 23.5. The molecule has 0 bridgehead atoms. The summed E-state index contributed by atoms with van der Waals surface area (Å²) in [7, 11) is 0. The summed E-state index contributed by atoms with van der Waals surface area (Å²) in [6.45, 7) is 6.33. The number of hydrogen-bond donors (Lipinski definition) is 0. The van der Waals surface area contributed by atoms with Gasteiger partial charge in [-0.1, -0.05) is 289 Å². The van der Waals surface area contributed by atoms with Crippen LogP contribution in [0.2, 0.25) is 0 Å². The Morgan fingerprint density at radius 3 is 0.756 bits per heavy atom. The van der Waals surface area contributed by atoms with E-state index in [4.69, 9.17) is 14.2 Å². The third kappa shape index (κ3) is 66.1. The highest BCUT2D eigenvalue weighted by Crippen LogP contribution is 2.16. The Morgan fingerprint density at radius 1 is 0.256 bits per heavy atom. The Kier molecular flexibility index (Phi) is 64.8. The van der Waals surface area contributed by atoms with Crippen LogP contribution in [-0.2, 0) is 28.6 Å². The summed E-state index contributed by atoms with van der Waals surface area (Å²) in [6, 6.07) is 0. The van der Waals surface area contributed by atoms with E-state index in [-0.39, 0.29) is 31.1 Å². The van der Waals surface area contributed by atoms with E-state index in [9.17, 15) is 14.4 Å². The van der Waals surface area contributed by atoms with Crippen molar-refractivity contribution in [2.45, 2.75) is 303 Å². The first-order valence-electron chi connectivity index (χ1n) is 33.8. The number of rotatable bonds is 60. The summed E-state index contributed by atoms with van der Waals surface area (Å²) in [5.74, 6) is -0.920. The zero-order valence-electron chi connectivity index (χ0n) is 53.2. The van der Waals surface area contributed by atoms with Crippen LogP contribution in [0.4, 0.5) is 0 Å². The van der Waals surface area contributed by atoms with E-state index in [0.29, 0.717) is 19.3 Å². The maximum atomic E-state index is 12.9. The summed E-state index contributed by atoms with van der Waals surface area (Å²) in [5.41, 5.74) is 0. The number of carbonyl (C=O) groups excluding carboxylic acids is 3. The fourth-order valence-electron chi connectivity index (χ4n) is 9.06. The van der Waals surface area contributed by atoms with E-state index in [1.165, 1.54) is 89.9 Å². The summed E-state index contributed by atoms with van der Waals surface area (Å²) in [5, 5.41) is 0. The topological polar surface area (TPSA) is 78.9 Å². The number of carbonyl (C=O) groups is 3. The Morgan fingerprint density at radius 2 is 0.476 bits per heavy atom. The maximum absolute atomic E-state index is 12.9. The quantitative estimate of drug-likeness (QED) is 0.0261. The summed E-state index contributed by atoms with van der Waals surface area (Å²) in [6.07, 6.45) is 98.8. The van der Waals surface area contributed by atoms with Crippen LogP contribution in [0.3, 0.4) is 0 Å². The van der Waals surface area contributed by atoms with Gasteiger partial charge in [0.15, 0.2) is 6.10 Å². The molecule has 464 valence electrons. The molecule has 0 rings (SSSR count). The Bertz CT molecular complexity index is 1780. The number of hydrogen-bond acceptors (Lipinski definition) is 6. The Balaban J connectivity index is 4.21. The highest BCUT2D eigenvalue weighted by Gasteiger charge is 2.19. The third-order valence-electron chi connectivity index (χ3n) is 14.0. The second-order valence-corrected chi connectivity index (χ2v) is 22.0. The SMILES string of the molecule is CC/C=C\C/C=C\C/C=C\C/C=C\C/C=C\C/C=C\CCCCCCCCCCCCCCCCC(=O)OCC(COC(=O)CCCCCCC/C=C\CCC)OC(=O)CCCCCCC/C=C\C/C=C\C/C=C\C/C=C\C/C=C\CC. The highest BCUT2D eigenvalue weighted by molar-refractivity contribution is 5.71. The van der Waals surface area contributed by atoms with Gasteiger partial charge in [-0.3, -0.25) is 14.4 Å². The van der Waals surface area contributed by atoms with Crippen molar-refractivity contribution in [2.75, 3.05) is 13.2 Å². The fraction of sp³-hybridized carbons (Fsp3) is 0.645. The number of esters is 3. The molecule has 0 amide bonds. The summed E-state index contributed by atoms with van der Waals surface area (Å²) in [4.78, 5) is 38.3. The smallest absolute Gasteiger partial charge is 0.306 e. The first kappa shape index (κ1) is 77.3. The van der Waals surface area contributed by atoms with E-state index in [1.54, 1.807) is 0 Å². The molecule has 0 saturated carbocycles. The molecule has 0 aromatic carbocycles. The van der Waals surface area contributed by atoms with Crippen molar-refractivity contribution in [2.24, 2.45) is 0 Å². The Labute approximate surface area is 506 Å². The van der Waals surface area contributed by atoms with E-state index in [2.05, 4.69) is 167 Å². The molecule has 0 aromatic heterocycles. The van der Waals surface area contributed by atoms with Crippen LogP contribution < -0.4 is 0 Å². The van der Waals surface area contributed by atoms with Crippen molar-refractivity contribution in [1.82, 2.24) is 0 Å². The predicted molar refractivity (Wildman–Crippen MR) is 357 cm³/mol. The van der Waals surface area contributed by atoms with Crippen LogP contribution in [-0.4, -0.2) is 37.2 Å². The van der Waals surface area contributed by atoms with Gasteiger partial charge < -0.3 is 14.2 Å². The van der Waals surface area contributed by atoms with E-state index < -0.39 is 6.10 Å². The standard InChI is InChI=1S/C76H124O6/c1-4-7-10-13-16-19-22-24-26-28-30-32-33-34-35-36-37-38-39-40-41-42-43-45-46-48-50-52-54-57-60-63-66-69-75(78)81-72-73(71-80-74(77)68-65-62-59-56-21-18-15-12-9-6-3)82-76(79)70-67-64-61-58-55-53-51-49-47-44-31-29-27-25-23-20-17-14-11-8-5-2/h7-8,10-12,15-17,19-20,24-27,30-32,34-35,37-38,44,49,51,73H,4-6,9,13-14,18,21-23,28-29,33,36,39-43,45-48,50,52-72H2,1-3H3/b10-7-,11-8-,15-12-,19-16-,20-17-,26-24-,27-25-,32-30-,35-34-,38-37-,44-31-,51-49-. The normalized spacial score (nSPS) is 13.1. The molecule has 0 aliphatic carbocycles. The molecule has 0 aromatic rings. The van der Waals surface area contributed by atoms with Crippen LogP contribution in [0.5, 0.6) is 0 Å². The molecule has 0 radical (unpaired) electrons. The molecule has 6 heteroatoms. The van der Waals surface area contributed by atoms with Gasteiger partial charge in [0.05, 0.1) is 0 Å². The summed E-state index contributed by atoms with van der Waals surface area (Å²) < 4.78 is 16.9. The van der Waals surface area contributed by atoms with E-state index in [0.717, 1.165) is 167 Å². The third-order valence-corrected chi connectivity index (χ3v) is 14.0. The molecular weight excluding hydrogens is 1010 g/mol. The van der Waals surface area contributed by atoms with Crippen LogP contribution in [0.25, 0.3) is 0 Å². The molecule has 82 heavy (non-hydrogen) atoms. The second-order valence-electron chi connectivity index (χ2n) is 22.0. The van der Waals surface area contributed by atoms with Crippen molar-refractivity contribution in [1.29, 1.82) is 0 Å². The molecule has 0 fully saturated rings. The number of ether oxygens (including phenoxy) is 3. The molecule has 0 spiro atoms. The first-order chi connectivity index (χ1) is 40.5. The lowest BCUT2D eigenvalue weighted by Gasteiger charge is -2.18. The van der Waals surface area contributed by atoms with E-state index >= 15 is 0 Å². The molecule has 0 heterocycles. The highest BCUT2D eigenvalue weighted by atomic mass is 16.6. The van der Waals surface area contributed by atoms with Gasteiger partial charge in [-0.15, -0.1) is 0 Å². The average molecular weight is 1130 g/mol. The van der Waals surface area contributed by atoms with Crippen molar-refractivity contribution >= 4 is 17.9 Å². The minimum Gasteiger partial charge on any atom is -0.462 e. The largest absolute Gasteiger partial charge is 0.462 e. The van der Waals surface area contributed by atoms with Crippen LogP contribution in [0.15, 0.2) is 146 Å². The van der Waals surface area contributed by atoms with Crippen LogP contribution in [0, 0.1) is 0 Å². The number of allylic oxidation sites excluding steroid dienone is 24. The first-order valence-corrected chi connectivity index (χ1v) is 33.8. The van der Waals surface area contributed by atoms with Crippen molar-refractivity contribution in [3.63, 3.8) is 0 Å². The van der Waals surface area contributed by atoms with Crippen LogP contribution >= 0.6 is 0 Å². The molecule has 0 saturated heterocycles. The van der Waals surface area contributed by atoms with Gasteiger partial charge in [0.25, 0.3) is 0 Å². The van der Waals surface area contributed by atoms with Crippen LogP contribution in [0.1, 0.15) is 297 Å². The molecular formula is C76H124O6. The molecule has 6 nitrogen and oxygen atoms in total. The van der Waals surface area contributed by atoms with Gasteiger partial charge in [0, 0.05) is 19.3 Å². The lowest BCUT2D eigenvalue weighted by atomic mass is 10.0. The lowest BCUT2D eigenvalue weighted by molar-refractivity contribution is -0.167. The fourth-order valence-corrected chi connectivity index (χ4v) is 9.06. The second kappa shape index (κ2) is 68.8. The molecule has 0 N–H and O–H groups in total. The zero-order valence-corrected chi connectivity index (χ0v) is 53.2. The van der Waals surface area contributed by atoms with Gasteiger partial charge >= 0.3 is 17.9 Å². The zero-order chi connectivity index (χ0) is 59.2. The van der Waals surface area contributed by atoms with Crippen molar-refractivity contribution < 1.29 is 28.6 Å². The average Bonchev–Trinajstić information content (AvgIpc) is 3.48. The molecule has 0 aliphatic heterocycles.